The molecule has 0 saturated heterocycles. The standard InChI is InChI=1S/C17H12ClFN2OS/c1-10-20-16(9-23-10)11-3-2-4-12(7-11)17(22)21-15-6-5-13(19)8-14(15)18/h2-9H,1H3,(H,21,22). The molecule has 3 aromatic rings. The molecule has 0 unspecified atom stereocenters. The zero-order valence-electron chi connectivity index (χ0n) is 12.1. The van der Waals surface area contributed by atoms with Gasteiger partial charge in [-0.05, 0) is 37.3 Å². The van der Waals surface area contributed by atoms with Crippen molar-refractivity contribution in [1.29, 1.82) is 0 Å². The Morgan fingerprint density at radius 1 is 1.26 bits per heavy atom. The van der Waals surface area contributed by atoms with Crippen LogP contribution in [0.5, 0.6) is 0 Å². The number of nitrogens with one attached hydrogen (secondary N) is 1. The lowest BCUT2D eigenvalue weighted by Gasteiger charge is -2.08. The maximum atomic E-state index is 13.0. The number of nitrogens with zero attached hydrogens (tertiary/aromatic N) is 1. The normalized spacial score (nSPS) is 10.6. The van der Waals surface area contributed by atoms with Gasteiger partial charge in [0.25, 0.3) is 5.91 Å². The second kappa shape index (κ2) is 6.48. The van der Waals surface area contributed by atoms with Gasteiger partial charge in [-0.15, -0.1) is 11.3 Å². The van der Waals surface area contributed by atoms with Gasteiger partial charge < -0.3 is 5.32 Å². The molecule has 0 bridgehead atoms. The van der Waals surface area contributed by atoms with Gasteiger partial charge in [-0.3, -0.25) is 4.79 Å². The Labute approximate surface area is 141 Å². The number of amides is 1. The highest BCUT2D eigenvalue weighted by Crippen LogP contribution is 2.25. The number of thiazole rings is 1. The molecule has 1 N–H and O–H groups in total. The van der Waals surface area contributed by atoms with E-state index < -0.39 is 5.82 Å². The first-order valence-corrected chi connectivity index (χ1v) is 8.07. The fourth-order valence-corrected chi connectivity index (χ4v) is 2.94. The summed E-state index contributed by atoms with van der Waals surface area (Å²) in [5.41, 5.74) is 2.55. The van der Waals surface area contributed by atoms with Crippen molar-refractivity contribution in [3.8, 4) is 11.3 Å². The predicted molar refractivity (Wildman–Crippen MR) is 91.7 cm³/mol. The van der Waals surface area contributed by atoms with E-state index >= 15 is 0 Å². The summed E-state index contributed by atoms with van der Waals surface area (Å²) in [6.07, 6.45) is 0. The Bertz CT molecular complexity index is 879. The van der Waals surface area contributed by atoms with Crippen LogP contribution in [0.1, 0.15) is 15.4 Å². The summed E-state index contributed by atoms with van der Waals surface area (Å²) in [6.45, 7) is 1.93. The van der Waals surface area contributed by atoms with Gasteiger partial charge in [-0.25, -0.2) is 9.37 Å². The van der Waals surface area contributed by atoms with Crippen molar-refractivity contribution in [2.75, 3.05) is 5.32 Å². The zero-order valence-corrected chi connectivity index (χ0v) is 13.7. The number of carbonyl (C=O) groups excluding carboxylic acids is 1. The summed E-state index contributed by atoms with van der Waals surface area (Å²) in [4.78, 5) is 16.8. The minimum atomic E-state index is -0.450. The smallest absolute Gasteiger partial charge is 0.255 e. The SMILES string of the molecule is Cc1nc(-c2cccc(C(=O)Nc3ccc(F)cc3Cl)c2)cs1. The van der Waals surface area contributed by atoms with Gasteiger partial charge in [0, 0.05) is 16.5 Å². The van der Waals surface area contributed by atoms with Crippen LogP contribution in [0.2, 0.25) is 5.02 Å². The molecule has 0 aliphatic rings. The van der Waals surface area contributed by atoms with Crippen LogP contribution in [0.3, 0.4) is 0 Å². The van der Waals surface area contributed by atoms with Crippen molar-refractivity contribution in [3.05, 3.63) is 69.3 Å². The number of carbonyl (C=O) groups is 1. The van der Waals surface area contributed by atoms with Gasteiger partial charge >= 0.3 is 0 Å². The lowest BCUT2D eigenvalue weighted by atomic mass is 10.1. The Morgan fingerprint density at radius 2 is 2.09 bits per heavy atom. The van der Waals surface area contributed by atoms with Crippen LogP contribution < -0.4 is 5.32 Å². The van der Waals surface area contributed by atoms with Crippen LogP contribution in [0.15, 0.2) is 47.8 Å². The van der Waals surface area contributed by atoms with Gasteiger partial charge in [0.2, 0.25) is 0 Å². The summed E-state index contributed by atoms with van der Waals surface area (Å²) >= 11 is 7.48. The highest BCUT2D eigenvalue weighted by molar-refractivity contribution is 7.09. The number of rotatable bonds is 3. The van der Waals surface area contributed by atoms with Crippen LogP contribution in [-0.2, 0) is 0 Å². The van der Waals surface area contributed by atoms with Crippen LogP contribution in [-0.4, -0.2) is 10.9 Å². The predicted octanol–water partition coefficient (Wildman–Crippen LogP) is 5.16. The molecule has 6 heteroatoms. The maximum Gasteiger partial charge on any atom is 0.255 e. The molecule has 116 valence electrons. The molecule has 1 heterocycles. The number of aromatic nitrogens is 1. The van der Waals surface area contributed by atoms with Gasteiger partial charge in [0.15, 0.2) is 0 Å². The Morgan fingerprint density at radius 3 is 2.78 bits per heavy atom. The monoisotopic (exact) mass is 346 g/mol. The highest BCUT2D eigenvalue weighted by Gasteiger charge is 2.11. The third-order valence-corrected chi connectivity index (χ3v) is 4.31. The molecule has 0 aliphatic heterocycles. The molecule has 0 aliphatic carbocycles. The van der Waals surface area contributed by atoms with Crippen LogP contribution in [0.25, 0.3) is 11.3 Å². The molecule has 3 nitrogen and oxygen atoms in total. The topological polar surface area (TPSA) is 42.0 Å². The highest BCUT2D eigenvalue weighted by atomic mass is 35.5. The molecule has 23 heavy (non-hydrogen) atoms. The molecular formula is C17H12ClFN2OS. The van der Waals surface area contributed by atoms with Gasteiger partial charge in [0.05, 0.1) is 21.4 Å². The van der Waals surface area contributed by atoms with E-state index in [-0.39, 0.29) is 10.9 Å². The summed E-state index contributed by atoms with van der Waals surface area (Å²) in [5, 5.41) is 5.75. The molecule has 0 fully saturated rings. The minimum absolute atomic E-state index is 0.157. The first kappa shape index (κ1) is 15.6. The number of hydrogen-bond donors (Lipinski definition) is 1. The molecule has 3 rings (SSSR count). The first-order chi connectivity index (χ1) is 11.0. The Kier molecular flexibility index (Phi) is 4.41. The molecular weight excluding hydrogens is 335 g/mol. The zero-order chi connectivity index (χ0) is 16.4. The fraction of sp³-hybridized carbons (Fsp3) is 0.0588. The van der Waals surface area contributed by atoms with Crippen molar-refractivity contribution in [3.63, 3.8) is 0 Å². The van der Waals surface area contributed by atoms with Gasteiger partial charge in [0.1, 0.15) is 5.82 Å². The van der Waals surface area contributed by atoms with Crippen molar-refractivity contribution >= 4 is 34.5 Å². The molecule has 2 aromatic carbocycles. The van der Waals surface area contributed by atoms with Crippen molar-refractivity contribution < 1.29 is 9.18 Å². The van der Waals surface area contributed by atoms with Crippen molar-refractivity contribution in [2.45, 2.75) is 6.92 Å². The van der Waals surface area contributed by atoms with E-state index in [0.717, 1.165) is 22.3 Å². The third-order valence-electron chi connectivity index (χ3n) is 3.22. The number of aryl methyl sites for hydroxylation is 1. The van der Waals surface area contributed by atoms with E-state index in [1.54, 1.807) is 29.5 Å². The lowest BCUT2D eigenvalue weighted by molar-refractivity contribution is 0.102. The number of benzene rings is 2. The average molecular weight is 347 g/mol. The molecule has 0 saturated carbocycles. The third kappa shape index (κ3) is 3.57. The van der Waals surface area contributed by atoms with E-state index in [9.17, 15) is 9.18 Å². The average Bonchev–Trinajstić information content (AvgIpc) is 2.97. The Balaban J connectivity index is 1.85. The number of hydrogen-bond acceptors (Lipinski definition) is 3. The van der Waals surface area contributed by atoms with Crippen LogP contribution >= 0.6 is 22.9 Å². The lowest BCUT2D eigenvalue weighted by Crippen LogP contribution is -2.12. The van der Waals surface area contributed by atoms with Gasteiger partial charge in [-0.1, -0.05) is 23.7 Å². The molecule has 0 atom stereocenters. The van der Waals surface area contributed by atoms with E-state index in [4.69, 9.17) is 11.6 Å². The second-order valence-corrected chi connectivity index (χ2v) is 6.38. The van der Waals surface area contributed by atoms with Gasteiger partial charge in [-0.2, -0.15) is 0 Å². The Hall–Kier alpha value is -2.24. The summed E-state index contributed by atoms with van der Waals surface area (Å²) in [7, 11) is 0. The number of anilines is 1. The van der Waals surface area contributed by atoms with E-state index in [1.165, 1.54) is 12.1 Å². The van der Waals surface area contributed by atoms with Crippen molar-refractivity contribution in [2.24, 2.45) is 0 Å². The van der Waals surface area contributed by atoms with E-state index in [1.807, 2.05) is 18.4 Å². The van der Waals surface area contributed by atoms with E-state index in [2.05, 4.69) is 10.3 Å². The maximum absolute atomic E-state index is 13.0. The summed E-state index contributed by atoms with van der Waals surface area (Å²) in [5.74, 6) is -0.763. The molecule has 0 spiro atoms. The van der Waals surface area contributed by atoms with Crippen LogP contribution in [0, 0.1) is 12.7 Å². The summed E-state index contributed by atoms with van der Waals surface area (Å²) < 4.78 is 13.0. The minimum Gasteiger partial charge on any atom is -0.321 e. The molecule has 1 amide bonds. The largest absolute Gasteiger partial charge is 0.321 e. The summed E-state index contributed by atoms with van der Waals surface area (Å²) in [6, 6.07) is 11.0. The quantitative estimate of drug-likeness (QED) is 0.711. The fourth-order valence-electron chi connectivity index (χ4n) is 2.10. The molecule has 1 aromatic heterocycles. The second-order valence-electron chi connectivity index (χ2n) is 4.91. The van der Waals surface area contributed by atoms with Crippen LogP contribution in [0.4, 0.5) is 10.1 Å². The molecule has 0 radical (unpaired) electrons. The first-order valence-electron chi connectivity index (χ1n) is 6.82. The van der Waals surface area contributed by atoms with Crippen molar-refractivity contribution in [1.82, 2.24) is 4.98 Å². The van der Waals surface area contributed by atoms with E-state index in [0.29, 0.717) is 11.3 Å². The number of halogens is 2.